The topological polar surface area (TPSA) is 121 Å². The van der Waals surface area contributed by atoms with Crippen LogP contribution in [-0.2, 0) is 11.3 Å². The fourth-order valence-corrected chi connectivity index (χ4v) is 2.97. The number of ether oxygens (including phenoxy) is 2. The van der Waals surface area contributed by atoms with Gasteiger partial charge < -0.3 is 30.3 Å². The average Bonchev–Trinajstić information content (AvgIpc) is 2.76. The Bertz CT molecular complexity index is 1030. The fraction of sp³-hybridized carbons (Fsp3) is 0.400. The second-order valence-corrected chi connectivity index (χ2v) is 9.11. The second-order valence-electron chi connectivity index (χ2n) is 9.11. The third-order valence-electron chi connectivity index (χ3n) is 4.58. The van der Waals surface area contributed by atoms with Gasteiger partial charge in [0, 0.05) is 30.9 Å². The molecule has 0 unspecified atom stereocenters. The maximum absolute atomic E-state index is 12.4. The zero-order valence-electron chi connectivity index (χ0n) is 21.2. The highest BCUT2D eigenvalue weighted by atomic mass is 16.6. The van der Waals surface area contributed by atoms with E-state index >= 15 is 0 Å². The van der Waals surface area contributed by atoms with Crippen LogP contribution >= 0.6 is 0 Å². The lowest BCUT2D eigenvalue weighted by molar-refractivity contribution is 0.0635. The maximum Gasteiger partial charge on any atom is 0.412 e. The molecule has 0 radical (unpaired) electrons. The number of anilines is 2. The summed E-state index contributed by atoms with van der Waals surface area (Å²) in [6, 6.07) is 11.5. The molecule has 10 nitrogen and oxygen atoms in total. The summed E-state index contributed by atoms with van der Waals surface area (Å²) in [6.45, 7) is 6.80. The number of carbonyl (C=O) groups excluding carboxylic acids is 3. The summed E-state index contributed by atoms with van der Waals surface area (Å²) in [5, 5.41) is 11.0. The van der Waals surface area contributed by atoms with Gasteiger partial charge in [0.1, 0.15) is 11.4 Å². The molecular weight excluding hydrogens is 450 g/mol. The molecule has 4 amide bonds. The monoisotopic (exact) mass is 485 g/mol. The molecule has 0 saturated heterocycles. The van der Waals surface area contributed by atoms with Gasteiger partial charge in [0.05, 0.1) is 12.8 Å². The van der Waals surface area contributed by atoms with Gasteiger partial charge in [-0.1, -0.05) is 12.1 Å². The molecule has 0 bridgehead atoms. The summed E-state index contributed by atoms with van der Waals surface area (Å²) in [7, 11) is 5.35. The highest BCUT2D eigenvalue weighted by molar-refractivity contribution is 5.94. The highest BCUT2D eigenvalue weighted by Gasteiger charge is 2.18. The number of carbonyl (C=O) groups is 3. The van der Waals surface area contributed by atoms with Crippen molar-refractivity contribution in [2.24, 2.45) is 0 Å². The number of nitrogens with one attached hydrogen (secondary N) is 4. The quantitative estimate of drug-likeness (QED) is 0.430. The zero-order valence-corrected chi connectivity index (χ0v) is 21.2. The maximum atomic E-state index is 12.4. The van der Waals surface area contributed by atoms with Crippen LogP contribution in [0.1, 0.15) is 36.7 Å². The van der Waals surface area contributed by atoms with Crippen LogP contribution in [0, 0.1) is 0 Å². The molecule has 2 aromatic carbocycles. The van der Waals surface area contributed by atoms with Gasteiger partial charge in [0.25, 0.3) is 5.91 Å². The summed E-state index contributed by atoms with van der Waals surface area (Å²) in [4.78, 5) is 38.9. The van der Waals surface area contributed by atoms with E-state index in [1.165, 1.54) is 7.11 Å². The molecule has 0 saturated carbocycles. The number of amides is 4. The van der Waals surface area contributed by atoms with Crippen LogP contribution in [0.3, 0.4) is 0 Å². The Kier molecular flexibility index (Phi) is 9.89. The first-order valence-corrected chi connectivity index (χ1v) is 11.2. The van der Waals surface area contributed by atoms with E-state index in [4.69, 9.17) is 9.47 Å². The van der Waals surface area contributed by atoms with Crippen molar-refractivity contribution in [3.05, 3.63) is 53.6 Å². The van der Waals surface area contributed by atoms with Crippen LogP contribution in [0.15, 0.2) is 42.5 Å². The van der Waals surface area contributed by atoms with E-state index < -0.39 is 17.7 Å². The first-order chi connectivity index (χ1) is 16.5. The van der Waals surface area contributed by atoms with Gasteiger partial charge in [-0.05, 0) is 70.8 Å². The summed E-state index contributed by atoms with van der Waals surface area (Å²) < 4.78 is 10.5. The number of benzene rings is 2. The van der Waals surface area contributed by atoms with Crippen molar-refractivity contribution in [1.29, 1.82) is 0 Å². The summed E-state index contributed by atoms with van der Waals surface area (Å²) in [5.41, 5.74) is 1.45. The van der Waals surface area contributed by atoms with Crippen LogP contribution in [0.2, 0.25) is 0 Å². The van der Waals surface area contributed by atoms with Gasteiger partial charge in [-0.15, -0.1) is 0 Å². The summed E-state index contributed by atoms with van der Waals surface area (Å²) in [5.74, 6) is 0.254. The smallest absolute Gasteiger partial charge is 0.412 e. The molecule has 4 N–H and O–H groups in total. The molecule has 0 aliphatic carbocycles. The minimum Gasteiger partial charge on any atom is -0.495 e. The van der Waals surface area contributed by atoms with E-state index in [2.05, 4.69) is 21.3 Å². The molecule has 0 aromatic heterocycles. The number of methoxy groups -OCH3 is 1. The van der Waals surface area contributed by atoms with Gasteiger partial charge in [-0.2, -0.15) is 0 Å². The third kappa shape index (κ3) is 9.93. The van der Waals surface area contributed by atoms with Crippen LogP contribution < -0.4 is 26.0 Å². The predicted molar refractivity (Wildman–Crippen MR) is 136 cm³/mol. The highest BCUT2D eigenvalue weighted by Crippen LogP contribution is 2.28. The number of nitrogens with zero attached hydrogens (tertiary/aromatic N) is 1. The van der Waals surface area contributed by atoms with Gasteiger partial charge in [-0.25, -0.2) is 9.59 Å². The second kappa shape index (κ2) is 12.6. The molecule has 0 fully saturated rings. The normalized spacial score (nSPS) is 10.9. The largest absolute Gasteiger partial charge is 0.495 e. The van der Waals surface area contributed by atoms with Crippen molar-refractivity contribution in [3.8, 4) is 5.75 Å². The van der Waals surface area contributed by atoms with Crippen molar-refractivity contribution >= 4 is 29.4 Å². The third-order valence-corrected chi connectivity index (χ3v) is 4.58. The van der Waals surface area contributed by atoms with Crippen molar-refractivity contribution in [3.63, 3.8) is 0 Å². The zero-order chi connectivity index (χ0) is 26.0. The first kappa shape index (κ1) is 27.5. The SMILES string of the molecule is COc1ccc(NC(=O)NCc2cccc(C(=O)NCCN(C)C)c2)cc1NC(=O)OC(C)(C)C. The Morgan fingerprint density at radius 3 is 2.37 bits per heavy atom. The molecule has 2 aromatic rings. The number of hydrogen-bond donors (Lipinski definition) is 4. The van der Waals surface area contributed by atoms with Crippen LogP contribution in [-0.4, -0.2) is 62.8 Å². The van der Waals surface area contributed by atoms with Crippen LogP contribution in [0.4, 0.5) is 21.0 Å². The summed E-state index contributed by atoms with van der Waals surface area (Å²) in [6.07, 6.45) is -0.636. The van der Waals surface area contributed by atoms with E-state index in [1.807, 2.05) is 25.1 Å². The molecule has 0 aliphatic heterocycles. The average molecular weight is 486 g/mol. The standard InChI is InChI=1S/C25H35N5O5/c1-25(2,3)35-24(33)29-20-15-19(10-11-21(20)34-6)28-23(32)27-16-17-8-7-9-18(14-17)22(31)26-12-13-30(4)5/h7-11,14-15H,12-13,16H2,1-6H3,(H,26,31)(H,29,33)(H2,27,28,32). The summed E-state index contributed by atoms with van der Waals surface area (Å²) >= 11 is 0. The molecule has 0 aliphatic rings. The van der Waals surface area contributed by atoms with Gasteiger partial charge >= 0.3 is 12.1 Å². The Labute approximate surface area is 206 Å². The number of likely N-dealkylation sites (N-methyl/N-ethyl adjacent to an activating group) is 1. The molecule has 10 heteroatoms. The lowest BCUT2D eigenvalue weighted by atomic mass is 10.1. The van der Waals surface area contributed by atoms with Crippen molar-refractivity contribution in [2.75, 3.05) is 44.9 Å². The Balaban J connectivity index is 1.95. The molecule has 2 rings (SSSR count). The predicted octanol–water partition coefficient (Wildman–Crippen LogP) is 3.66. The molecule has 0 heterocycles. The van der Waals surface area contributed by atoms with E-state index in [9.17, 15) is 14.4 Å². The number of hydrogen-bond acceptors (Lipinski definition) is 6. The first-order valence-electron chi connectivity index (χ1n) is 11.2. The van der Waals surface area contributed by atoms with Crippen LogP contribution in [0.25, 0.3) is 0 Å². The van der Waals surface area contributed by atoms with E-state index in [0.717, 1.165) is 12.1 Å². The van der Waals surface area contributed by atoms with Gasteiger partial charge in [0.15, 0.2) is 0 Å². The molecule has 0 spiro atoms. The van der Waals surface area contributed by atoms with Crippen molar-refractivity contribution < 1.29 is 23.9 Å². The fourth-order valence-electron chi connectivity index (χ4n) is 2.97. The lowest BCUT2D eigenvalue weighted by Crippen LogP contribution is -2.31. The van der Waals surface area contributed by atoms with E-state index in [-0.39, 0.29) is 12.5 Å². The molecule has 0 atom stereocenters. The molecular formula is C25H35N5O5. The number of rotatable bonds is 9. The lowest BCUT2D eigenvalue weighted by Gasteiger charge is -2.20. The van der Waals surface area contributed by atoms with E-state index in [1.54, 1.807) is 57.2 Å². The van der Waals surface area contributed by atoms with Crippen molar-refractivity contribution in [2.45, 2.75) is 32.9 Å². The van der Waals surface area contributed by atoms with Crippen LogP contribution in [0.5, 0.6) is 5.75 Å². The molecule has 190 valence electrons. The minimum absolute atomic E-state index is 0.165. The van der Waals surface area contributed by atoms with Gasteiger partial charge in [0.2, 0.25) is 0 Å². The number of urea groups is 1. The van der Waals surface area contributed by atoms with E-state index in [0.29, 0.717) is 29.2 Å². The van der Waals surface area contributed by atoms with Gasteiger partial charge in [-0.3, -0.25) is 10.1 Å². The Morgan fingerprint density at radius 1 is 0.971 bits per heavy atom. The molecule has 35 heavy (non-hydrogen) atoms. The Morgan fingerprint density at radius 2 is 1.71 bits per heavy atom. The minimum atomic E-state index is -0.655. The van der Waals surface area contributed by atoms with Crippen molar-refractivity contribution in [1.82, 2.24) is 15.5 Å². The Hall–Kier alpha value is -3.79.